The topological polar surface area (TPSA) is 64.2 Å². The predicted octanol–water partition coefficient (Wildman–Crippen LogP) is 0.995. The lowest BCUT2D eigenvalue weighted by Gasteiger charge is -2.16. The fourth-order valence-corrected chi connectivity index (χ4v) is 2.36. The molecule has 0 radical (unpaired) electrons. The molecule has 2 N–H and O–H groups in total. The Hall–Kier alpha value is -2.14. The van der Waals surface area contributed by atoms with Crippen LogP contribution in [0.5, 0.6) is 0 Å². The fourth-order valence-electron chi connectivity index (χ4n) is 2.36. The van der Waals surface area contributed by atoms with Gasteiger partial charge < -0.3 is 15.2 Å². The molecule has 1 aromatic carbocycles. The van der Waals surface area contributed by atoms with Crippen molar-refractivity contribution in [1.29, 1.82) is 0 Å². The lowest BCUT2D eigenvalue weighted by atomic mass is 10.2. The van der Waals surface area contributed by atoms with E-state index in [4.69, 9.17) is 5.73 Å². The van der Waals surface area contributed by atoms with E-state index in [0.717, 1.165) is 12.2 Å². The van der Waals surface area contributed by atoms with E-state index in [9.17, 15) is 4.79 Å². The standard InChI is InChI=1S/C14H16N4O/c15-12-7-14(19)18(9-12)13-3-1-11(2-4-13)8-17-6-5-16-10-17/h1-6,10,12H,7-9,15H2. The fraction of sp³-hybridized carbons (Fsp3) is 0.286. The maximum absolute atomic E-state index is 11.8. The van der Waals surface area contributed by atoms with Crippen molar-refractivity contribution in [2.75, 3.05) is 11.4 Å². The van der Waals surface area contributed by atoms with Crippen LogP contribution in [0.25, 0.3) is 0 Å². The smallest absolute Gasteiger partial charge is 0.228 e. The first kappa shape index (κ1) is 11.9. The molecule has 2 heterocycles. The molecule has 1 aromatic heterocycles. The van der Waals surface area contributed by atoms with Crippen molar-refractivity contribution in [3.05, 3.63) is 48.5 Å². The van der Waals surface area contributed by atoms with Crippen LogP contribution in [0.3, 0.4) is 0 Å². The van der Waals surface area contributed by atoms with E-state index in [1.54, 1.807) is 17.4 Å². The Bertz CT molecular complexity index is 562. The molecule has 1 amide bonds. The number of rotatable bonds is 3. The van der Waals surface area contributed by atoms with Crippen LogP contribution in [-0.4, -0.2) is 28.0 Å². The average molecular weight is 256 g/mol. The second-order valence-electron chi connectivity index (χ2n) is 4.87. The van der Waals surface area contributed by atoms with Crippen molar-refractivity contribution in [1.82, 2.24) is 9.55 Å². The molecule has 0 aliphatic carbocycles. The Morgan fingerprint density at radius 2 is 2.11 bits per heavy atom. The van der Waals surface area contributed by atoms with Crippen molar-refractivity contribution in [2.45, 2.75) is 19.0 Å². The molecule has 1 aliphatic rings. The molecule has 1 fully saturated rings. The molecule has 1 saturated heterocycles. The summed E-state index contributed by atoms with van der Waals surface area (Å²) in [6.07, 6.45) is 5.92. The number of hydrogen-bond acceptors (Lipinski definition) is 3. The van der Waals surface area contributed by atoms with Crippen molar-refractivity contribution < 1.29 is 4.79 Å². The van der Waals surface area contributed by atoms with Gasteiger partial charge in [0.05, 0.1) is 6.33 Å². The minimum Gasteiger partial charge on any atom is -0.333 e. The Labute approximate surface area is 111 Å². The van der Waals surface area contributed by atoms with Gasteiger partial charge in [-0.2, -0.15) is 0 Å². The summed E-state index contributed by atoms with van der Waals surface area (Å²) in [5.74, 6) is 0.106. The van der Waals surface area contributed by atoms with Crippen molar-refractivity contribution in [2.24, 2.45) is 5.73 Å². The summed E-state index contributed by atoms with van der Waals surface area (Å²) < 4.78 is 2.01. The molecule has 5 heteroatoms. The van der Waals surface area contributed by atoms with E-state index in [-0.39, 0.29) is 11.9 Å². The summed E-state index contributed by atoms with van der Waals surface area (Å²) in [6, 6.07) is 7.97. The number of imidazole rings is 1. The van der Waals surface area contributed by atoms with Crippen LogP contribution >= 0.6 is 0 Å². The zero-order chi connectivity index (χ0) is 13.2. The third-order valence-corrected chi connectivity index (χ3v) is 3.33. The minimum atomic E-state index is -0.0434. The first-order valence-corrected chi connectivity index (χ1v) is 6.33. The summed E-state index contributed by atoms with van der Waals surface area (Å²) in [7, 11) is 0. The largest absolute Gasteiger partial charge is 0.333 e. The maximum atomic E-state index is 11.8. The SMILES string of the molecule is NC1CC(=O)N(c2ccc(Cn3ccnc3)cc2)C1. The third kappa shape index (κ3) is 2.51. The number of benzene rings is 1. The summed E-state index contributed by atoms with van der Waals surface area (Å²) in [4.78, 5) is 17.5. The van der Waals surface area contributed by atoms with Gasteiger partial charge in [0.2, 0.25) is 5.91 Å². The van der Waals surface area contributed by atoms with Crippen molar-refractivity contribution >= 4 is 11.6 Å². The molecule has 0 bridgehead atoms. The third-order valence-electron chi connectivity index (χ3n) is 3.33. The summed E-state index contributed by atoms with van der Waals surface area (Å²) in [6.45, 7) is 1.40. The van der Waals surface area contributed by atoms with Crippen LogP contribution in [0.4, 0.5) is 5.69 Å². The highest BCUT2D eigenvalue weighted by Crippen LogP contribution is 2.21. The Morgan fingerprint density at radius 3 is 2.68 bits per heavy atom. The van der Waals surface area contributed by atoms with Crippen molar-refractivity contribution in [3.63, 3.8) is 0 Å². The van der Waals surface area contributed by atoms with Gasteiger partial charge in [-0.05, 0) is 17.7 Å². The predicted molar refractivity (Wildman–Crippen MR) is 72.7 cm³/mol. The highest BCUT2D eigenvalue weighted by Gasteiger charge is 2.27. The lowest BCUT2D eigenvalue weighted by molar-refractivity contribution is -0.117. The average Bonchev–Trinajstić information content (AvgIpc) is 3.00. The zero-order valence-electron chi connectivity index (χ0n) is 10.6. The van der Waals surface area contributed by atoms with E-state index < -0.39 is 0 Å². The Morgan fingerprint density at radius 1 is 1.32 bits per heavy atom. The first-order chi connectivity index (χ1) is 9.22. The maximum Gasteiger partial charge on any atom is 0.228 e. The summed E-state index contributed by atoms with van der Waals surface area (Å²) in [5, 5.41) is 0. The van der Waals surface area contributed by atoms with E-state index in [2.05, 4.69) is 4.98 Å². The molecule has 1 unspecified atom stereocenters. The normalized spacial score (nSPS) is 19.1. The molecule has 1 atom stereocenters. The van der Waals surface area contributed by atoms with Crippen LogP contribution in [0, 0.1) is 0 Å². The molecule has 0 saturated carbocycles. The van der Waals surface area contributed by atoms with Gasteiger partial charge in [-0.3, -0.25) is 4.79 Å². The number of amides is 1. The van der Waals surface area contributed by atoms with Gasteiger partial charge in [0.1, 0.15) is 0 Å². The van der Waals surface area contributed by atoms with E-state index >= 15 is 0 Å². The van der Waals surface area contributed by atoms with Crippen LogP contribution in [0.1, 0.15) is 12.0 Å². The number of hydrogen-bond donors (Lipinski definition) is 1. The monoisotopic (exact) mass is 256 g/mol. The minimum absolute atomic E-state index is 0.0434. The van der Waals surface area contributed by atoms with Gasteiger partial charge in [0.15, 0.2) is 0 Å². The van der Waals surface area contributed by atoms with E-state index in [0.29, 0.717) is 13.0 Å². The molecule has 1 aliphatic heterocycles. The Balaban J connectivity index is 1.74. The van der Waals surface area contributed by atoms with Crippen LogP contribution in [-0.2, 0) is 11.3 Å². The van der Waals surface area contributed by atoms with Gasteiger partial charge in [-0.25, -0.2) is 4.98 Å². The number of carbonyl (C=O) groups is 1. The number of nitrogens with zero attached hydrogens (tertiary/aromatic N) is 3. The van der Waals surface area contributed by atoms with Gasteiger partial charge >= 0.3 is 0 Å². The second-order valence-corrected chi connectivity index (χ2v) is 4.87. The highest BCUT2D eigenvalue weighted by molar-refractivity contribution is 5.96. The number of aromatic nitrogens is 2. The van der Waals surface area contributed by atoms with Crippen molar-refractivity contribution in [3.8, 4) is 0 Å². The summed E-state index contributed by atoms with van der Waals surface area (Å²) >= 11 is 0. The number of carbonyl (C=O) groups excluding carboxylic acids is 1. The molecular weight excluding hydrogens is 240 g/mol. The van der Waals surface area contributed by atoms with Crippen LogP contribution in [0.2, 0.25) is 0 Å². The molecule has 19 heavy (non-hydrogen) atoms. The first-order valence-electron chi connectivity index (χ1n) is 6.33. The van der Waals surface area contributed by atoms with Crippen LogP contribution < -0.4 is 10.6 Å². The Kier molecular flexibility index (Phi) is 3.05. The number of nitrogens with two attached hydrogens (primary N) is 1. The number of anilines is 1. The lowest BCUT2D eigenvalue weighted by Crippen LogP contribution is -2.27. The molecule has 98 valence electrons. The second kappa shape index (κ2) is 4.85. The quantitative estimate of drug-likeness (QED) is 0.891. The van der Waals surface area contributed by atoms with E-state index in [1.807, 2.05) is 35.0 Å². The molecule has 5 nitrogen and oxygen atoms in total. The van der Waals surface area contributed by atoms with Gasteiger partial charge in [-0.1, -0.05) is 12.1 Å². The zero-order valence-corrected chi connectivity index (χ0v) is 10.6. The van der Waals surface area contributed by atoms with E-state index in [1.165, 1.54) is 5.56 Å². The molecule has 3 rings (SSSR count). The van der Waals surface area contributed by atoms with Gasteiger partial charge in [0.25, 0.3) is 0 Å². The molecule has 2 aromatic rings. The summed E-state index contributed by atoms with van der Waals surface area (Å²) in [5.41, 5.74) is 7.90. The highest BCUT2D eigenvalue weighted by atomic mass is 16.2. The van der Waals surface area contributed by atoms with Gasteiger partial charge in [-0.15, -0.1) is 0 Å². The van der Waals surface area contributed by atoms with Gasteiger partial charge in [0, 0.05) is 43.6 Å². The van der Waals surface area contributed by atoms with Crippen LogP contribution in [0.15, 0.2) is 43.0 Å². The molecule has 0 spiro atoms. The molecular formula is C14H16N4O.